The highest BCUT2D eigenvalue weighted by atomic mass is 16.6. The minimum absolute atomic E-state index is 0.111. The molecule has 128 valence electrons. The molecule has 2 amide bonds. The predicted molar refractivity (Wildman–Crippen MR) is 92.4 cm³/mol. The highest BCUT2D eigenvalue weighted by Gasteiger charge is 2.51. The molecule has 2 aliphatic rings. The Balaban J connectivity index is 1.82. The third-order valence-corrected chi connectivity index (χ3v) is 5.07. The van der Waals surface area contributed by atoms with Gasteiger partial charge in [-0.15, -0.1) is 6.58 Å². The van der Waals surface area contributed by atoms with Crippen molar-refractivity contribution in [1.29, 1.82) is 0 Å². The van der Waals surface area contributed by atoms with Crippen molar-refractivity contribution < 1.29 is 14.3 Å². The summed E-state index contributed by atoms with van der Waals surface area (Å²) in [6.07, 6.45) is 6.34. The minimum atomic E-state index is -0.492. The maximum Gasteiger partial charge on any atom is 0.417 e. The topological polar surface area (TPSA) is 46.6 Å². The summed E-state index contributed by atoms with van der Waals surface area (Å²) in [5.74, 6) is -0.298. The molecule has 24 heavy (non-hydrogen) atoms. The van der Waals surface area contributed by atoms with Crippen LogP contribution in [-0.2, 0) is 16.0 Å². The van der Waals surface area contributed by atoms with Crippen molar-refractivity contribution in [2.75, 3.05) is 0 Å². The lowest BCUT2D eigenvalue weighted by Crippen LogP contribution is -2.38. The standard InChI is InChI=1S/C20H25NO3/c1-3-5-6-10-14(9-4-2)19(22)21-18-16-12-8-7-11-15(16)13-17(18)24-20(21)23/h4,7-8,11-12,14,17-18H,2-3,5-6,9-10,13H2,1H3/t14-,17-,18+/m1/s1. The molecule has 1 fully saturated rings. The largest absolute Gasteiger partial charge is 0.443 e. The van der Waals surface area contributed by atoms with Crippen molar-refractivity contribution in [2.24, 2.45) is 5.92 Å². The van der Waals surface area contributed by atoms with Crippen LogP contribution in [0.15, 0.2) is 36.9 Å². The second kappa shape index (κ2) is 7.20. The Morgan fingerprint density at radius 2 is 2.21 bits per heavy atom. The van der Waals surface area contributed by atoms with Crippen LogP contribution in [0.5, 0.6) is 0 Å². The first kappa shape index (κ1) is 16.7. The van der Waals surface area contributed by atoms with Gasteiger partial charge in [0.05, 0.1) is 0 Å². The van der Waals surface area contributed by atoms with Gasteiger partial charge in [-0.2, -0.15) is 0 Å². The molecular weight excluding hydrogens is 302 g/mol. The highest BCUT2D eigenvalue weighted by molar-refractivity contribution is 5.95. The number of nitrogens with zero attached hydrogens (tertiary/aromatic N) is 1. The molecule has 4 nitrogen and oxygen atoms in total. The maximum absolute atomic E-state index is 13.1. The van der Waals surface area contributed by atoms with Crippen molar-refractivity contribution in [3.05, 3.63) is 48.0 Å². The zero-order valence-electron chi connectivity index (χ0n) is 14.2. The van der Waals surface area contributed by atoms with Gasteiger partial charge in [0, 0.05) is 12.3 Å². The maximum atomic E-state index is 13.1. The van der Waals surface area contributed by atoms with E-state index in [0.717, 1.165) is 31.2 Å². The van der Waals surface area contributed by atoms with E-state index in [2.05, 4.69) is 13.5 Å². The number of ether oxygens (including phenoxy) is 1. The third kappa shape index (κ3) is 2.97. The van der Waals surface area contributed by atoms with Crippen LogP contribution in [0.3, 0.4) is 0 Å². The molecule has 1 aromatic carbocycles. The SMILES string of the molecule is C=CC[C@H](CCCCC)C(=O)N1C(=O)O[C@@H]2Cc3ccccc3[C@@H]21. The molecular formula is C20H25NO3. The fourth-order valence-corrected chi connectivity index (χ4v) is 3.86. The van der Waals surface area contributed by atoms with Crippen LogP contribution in [0, 0.1) is 5.92 Å². The Bertz CT molecular complexity index is 640. The molecule has 3 rings (SSSR count). The average Bonchev–Trinajstić information content (AvgIpc) is 3.08. The number of carbonyl (C=O) groups excluding carboxylic acids is 2. The lowest BCUT2D eigenvalue weighted by Gasteiger charge is -2.24. The molecule has 0 spiro atoms. The van der Waals surface area contributed by atoms with E-state index in [9.17, 15) is 9.59 Å². The summed E-state index contributed by atoms with van der Waals surface area (Å²) >= 11 is 0. The molecule has 4 heteroatoms. The molecule has 3 atom stereocenters. The number of amides is 2. The second-order valence-corrected chi connectivity index (χ2v) is 6.70. The van der Waals surface area contributed by atoms with E-state index in [-0.39, 0.29) is 24.0 Å². The first-order valence-electron chi connectivity index (χ1n) is 8.89. The number of benzene rings is 1. The lowest BCUT2D eigenvalue weighted by molar-refractivity contribution is -0.133. The molecule has 0 N–H and O–H groups in total. The van der Waals surface area contributed by atoms with E-state index in [0.29, 0.717) is 12.8 Å². The van der Waals surface area contributed by atoms with Gasteiger partial charge in [0.25, 0.3) is 0 Å². The number of allylic oxidation sites excluding steroid dienone is 1. The van der Waals surface area contributed by atoms with Gasteiger partial charge in [0.2, 0.25) is 5.91 Å². The van der Waals surface area contributed by atoms with Gasteiger partial charge in [-0.25, -0.2) is 9.69 Å². The van der Waals surface area contributed by atoms with Gasteiger partial charge in [0.1, 0.15) is 12.1 Å². The summed E-state index contributed by atoms with van der Waals surface area (Å²) in [4.78, 5) is 26.8. The normalized spacial score (nSPS) is 22.7. The molecule has 0 bridgehead atoms. The quantitative estimate of drug-likeness (QED) is 0.551. The van der Waals surface area contributed by atoms with Crippen LogP contribution in [0.2, 0.25) is 0 Å². The van der Waals surface area contributed by atoms with Crippen molar-refractivity contribution in [3.8, 4) is 0 Å². The molecule has 1 heterocycles. The zero-order chi connectivity index (χ0) is 17.1. The molecule has 1 aliphatic heterocycles. The van der Waals surface area contributed by atoms with Crippen molar-refractivity contribution in [2.45, 2.75) is 57.6 Å². The van der Waals surface area contributed by atoms with Crippen molar-refractivity contribution in [3.63, 3.8) is 0 Å². The van der Waals surface area contributed by atoms with Crippen LogP contribution < -0.4 is 0 Å². The minimum Gasteiger partial charge on any atom is -0.443 e. The van der Waals surface area contributed by atoms with Crippen LogP contribution >= 0.6 is 0 Å². The Labute approximate surface area is 143 Å². The van der Waals surface area contributed by atoms with Crippen LogP contribution in [0.1, 0.15) is 56.2 Å². The van der Waals surface area contributed by atoms with Gasteiger partial charge in [-0.05, 0) is 24.0 Å². The van der Waals surface area contributed by atoms with Crippen LogP contribution in [-0.4, -0.2) is 23.0 Å². The fraction of sp³-hybridized carbons (Fsp3) is 0.500. The Hall–Kier alpha value is -2.10. The Morgan fingerprint density at radius 1 is 1.42 bits per heavy atom. The van der Waals surface area contributed by atoms with E-state index in [1.807, 2.05) is 24.3 Å². The lowest BCUT2D eigenvalue weighted by atomic mass is 9.95. The first-order chi connectivity index (χ1) is 11.7. The molecule has 0 saturated carbocycles. The molecule has 1 aliphatic carbocycles. The number of hydrogen-bond donors (Lipinski definition) is 0. The summed E-state index contributed by atoms with van der Waals surface area (Å²) in [6, 6.07) is 7.72. The molecule has 1 aromatic rings. The van der Waals surface area contributed by atoms with Gasteiger partial charge < -0.3 is 4.74 Å². The van der Waals surface area contributed by atoms with Gasteiger partial charge in [0.15, 0.2) is 0 Å². The first-order valence-corrected chi connectivity index (χ1v) is 8.89. The number of hydrogen-bond acceptors (Lipinski definition) is 3. The van der Waals surface area contributed by atoms with E-state index >= 15 is 0 Å². The summed E-state index contributed by atoms with van der Waals surface area (Å²) in [5.41, 5.74) is 2.22. The van der Waals surface area contributed by atoms with E-state index in [1.165, 1.54) is 10.5 Å². The molecule has 0 radical (unpaired) electrons. The van der Waals surface area contributed by atoms with Crippen LogP contribution in [0.25, 0.3) is 0 Å². The van der Waals surface area contributed by atoms with E-state index in [1.54, 1.807) is 6.08 Å². The smallest absolute Gasteiger partial charge is 0.417 e. The number of carbonyl (C=O) groups is 2. The number of imide groups is 1. The number of unbranched alkanes of at least 4 members (excludes halogenated alkanes) is 2. The summed E-state index contributed by atoms with van der Waals surface area (Å²) in [6.45, 7) is 5.91. The highest BCUT2D eigenvalue weighted by Crippen LogP contribution is 2.43. The van der Waals surface area contributed by atoms with Crippen molar-refractivity contribution in [1.82, 2.24) is 4.90 Å². The van der Waals surface area contributed by atoms with Gasteiger partial charge in [-0.1, -0.05) is 56.5 Å². The summed E-state index contributed by atoms with van der Waals surface area (Å²) < 4.78 is 5.50. The second-order valence-electron chi connectivity index (χ2n) is 6.70. The Kier molecular flexibility index (Phi) is 5.03. The predicted octanol–water partition coefficient (Wildman–Crippen LogP) is 4.40. The van der Waals surface area contributed by atoms with Gasteiger partial charge >= 0.3 is 6.09 Å². The van der Waals surface area contributed by atoms with Crippen LogP contribution in [0.4, 0.5) is 4.79 Å². The summed E-state index contributed by atoms with van der Waals surface area (Å²) in [7, 11) is 0. The average molecular weight is 327 g/mol. The van der Waals surface area contributed by atoms with E-state index in [4.69, 9.17) is 4.74 Å². The van der Waals surface area contributed by atoms with E-state index < -0.39 is 6.09 Å². The third-order valence-electron chi connectivity index (χ3n) is 5.07. The monoisotopic (exact) mass is 327 g/mol. The number of fused-ring (bicyclic) bond motifs is 3. The molecule has 0 aromatic heterocycles. The van der Waals surface area contributed by atoms with Gasteiger partial charge in [-0.3, -0.25) is 4.79 Å². The Morgan fingerprint density at radius 3 is 2.96 bits per heavy atom. The molecule has 0 unspecified atom stereocenters. The summed E-state index contributed by atoms with van der Waals surface area (Å²) in [5, 5.41) is 0. The number of rotatable bonds is 7. The van der Waals surface area contributed by atoms with Crippen molar-refractivity contribution >= 4 is 12.0 Å². The zero-order valence-corrected chi connectivity index (χ0v) is 14.2. The molecule has 1 saturated heterocycles. The fourth-order valence-electron chi connectivity index (χ4n) is 3.86.